The number of thiol groups is 1. The number of anilines is 1. The van der Waals surface area contributed by atoms with Crippen molar-refractivity contribution in [1.82, 2.24) is 20.1 Å². The Bertz CT molecular complexity index is 1090. The number of hydrogen-bond acceptors (Lipinski definition) is 7. The number of fused-ring (bicyclic) bond motifs is 1. The van der Waals surface area contributed by atoms with Crippen molar-refractivity contribution in [2.24, 2.45) is 0 Å². The minimum Gasteiger partial charge on any atom is -0.354 e. The first-order chi connectivity index (χ1) is 15.9. The van der Waals surface area contributed by atoms with E-state index in [0.717, 1.165) is 44.1 Å². The number of halogens is 2. The van der Waals surface area contributed by atoms with E-state index in [0.29, 0.717) is 29.4 Å². The first-order valence-electron chi connectivity index (χ1n) is 11.1. The van der Waals surface area contributed by atoms with Crippen LogP contribution in [0.15, 0.2) is 30.5 Å². The maximum atomic E-state index is 12.4. The number of piperidine rings is 1. The van der Waals surface area contributed by atoms with E-state index in [1.165, 1.54) is 11.1 Å². The predicted molar refractivity (Wildman–Crippen MR) is 132 cm³/mol. The SMILES string of the molecule is O=C1CCC(N2Cc3c(CN4CCN(c5cc(Cl)c(Cl)cn5)CC4)cccc3C2S)C(=O)N1. The van der Waals surface area contributed by atoms with Gasteiger partial charge in [0, 0.05) is 58.0 Å². The zero-order valence-corrected chi connectivity index (χ0v) is 20.4. The maximum absolute atomic E-state index is 12.4. The molecule has 0 spiro atoms. The van der Waals surface area contributed by atoms with Gasteiger partial charge in [0.25, 0.3) is 0 Å². The van der Waals surface area contributed by atoms with E-state index in [9.17, 15) is 9.59 Å². The van der Waals surface area contributed by atoms with Crippen LogP contribution < -0.4 is 10.2 Å². The molecular formula is C23H25Cl2N5O2S. The number of nitrogens with zero attached hydrogens (tertiary/aromatic N) is 4. The quantitative estimate of drug-likeness (QED) is 0.490. The fourth-order valence-corrected chi connectivity index (χ4v) is 5.65. The molecule has 1 aromatic heterocycles. The van der Waals surface area contributed by atoms with Crippen LogP contribution in [0.2, 0.25) is 10.0 Å². The highest BCUT2D eigenvalue weighted by Gasteiger charge is 2.39. The summed E-state index contributed by atoms with van der Waals surface area (Å²) in [5.74, 6) is 0.439. The number of carbonyl (C=O) groups is 2. The molecule has 0 radical (unpaired) electrons. The number of carbonyl (C=O) groups excluding carboxylic acids is 2. The molecule has 5 rings (SSSR count). The Morgan fingerprint density at radius 2 is 1.91 bits per heavy atom. The highest BCUT2D eigenvalue weighted by atomic mass is 35.5. The van der Waals surface area contributed by atoms with Gasteiger partial charge in [-0.05, 0) is 23.1 Å². The molecule has 1 aromatic carbocycles. The van der Waals surface area contributed by atoms with Crippen LogP contribution in [0.1, 0.15) is 34.9 Å². The maximum Gasteiger partial charge on any atom is 0.243 e. The minimum absolute atomic E-state index is 0.151. The molecule has 4 heterocycles. The molecule has 2 unspecified atom stereocenters. The van der Waals surface area contributed by atoms with Crippen LogP contribution in [0.3, 0.4) is 0 Å². The van der Waals surface area contributed by atoms with E-state index in [1.54, 1.807) is 6.20 Å². The summed E-state index contributed by atoms with van der Waals surface area (Å²) in [6.45, 7) is 5.04. The third-order valence-electron chi connectivity index (χ3n) is 6.74. The molecule has 3 aliphatic heterocycles. The van der Waals surface area contributed by atoms with Gasteiger partial charge in [-0.2, -0.15) is 12.6 Å². The third-order valence-corrected chi connectivity index (χ3v) is 8.02. The highest BCUT2D eigenvalue weighted by Crippen LogP contribution is 2.41. The lowest BCUT2D eigenvalue weighted by Crippen LogP contribution is -2.51. The molecule has 10 heteroatoms. The van der Waals surface area contributed by atoms with E-state index in [2.05, 4.69) is 43.2 Å². The van der Waals surface area contributed by atoms with Crippen molar-refractivity contribution in [2.75, 3.05) is 31.1 Å². The smallest absolute Gasteiger partial charge is 0.243 e. The number of benzene rings is 1. The fraction of sp³-hybridized carbons (Fsp3) is 0.435. The molecule has 33 heavy (non-hydrogen) atoms. The van der Waals surface area contributed by atoms with E-state index in [-0.39, 0.29) is 23.2 Å². The Labute approximate surface area is 208 Å². The van der Waals surface area contributed by atoms with Gasteiger partial charge < -0.3 is 4.90 Å². The van der Waals surface area contributed by atoms with Crippen LogP contribution in [-0.2, 0) is 22.7 Å². The van der Waals surface area contributed by atoms with Crippen LogP contribution in [0.25, 0.3) is 0 Å². The number of pyridine rings is 1. The molecule has 2 saturated heterocycles. The third kappa shape index (κ3) is 4.59. The Kier molecular flexibility index (Phi) is 6.55. The van der Waals surface area contributed by atoms with Gasteiger partial charge in [-0.25, -0.2) is 4.98 Å². The molecule has 0 aliphatic carbocycles. The summed E-state index contributed by atoms with van der Waals surface area (Å²) in [7, 11) is 0. The van der Waals surface area contributed by atoms with Crippen molar-refractivity contribution in [1.29, 1.82) is 0 Å². The average Bonchev–Trinajstić information content (AvgIpc) is 3.14. The van der Waals surface area contributed by atoms with Crippen LogP contribution in [0.5, 0.6) is 0 Å². The van der Waals surface area contributed by atoms with Crippen molar-refractivity contribution >= 4 is 53.5 Å². The number of nitrogens with one attached hydrogen (secondary N) is 1. The molecule has 7 nitrogen and oxygen atoms in total. The highest BCUT2D eigenvalue weighted by molar-refractivity contribution is 7.80. The summed E-state index contributed by atoms with van der Waals surface area (Å²) in [6, 6.07) is 7.82. The van der Waals surface area contributed by atoms with E-state index in [4.69, 9.17) is 35.8 Å². The monoisotopic (exact) mass is 505 g/mol. The Morgan fingerprint density at radius 3 is 2.64 bits per heavy atom. The van der Waals surface area contributed by atoms with Crippen molar-refractivity contribution in [2.45, 2.75) is 37.3 Å². The molecule has 2 aromatic rings. The van der Waals surface area contributed by atoms with E-state index < -0.39 is 0 Å². The molecule has 174 valence electrons. The first-order valence-corrected chi connectivity index (χ1v) is 12.3. The molecule has 2 fully saturated rings. The summed E-state index contributed by atoms with van der Waals surface area (Å²) in [5, 5.41) is 3.30. The molecule has 2 atom stereocenters. The Morgan fingerprint density at radius 1 is 1.12 bits per heavy atom. The van der Waals surface area contributed by atoms with Gasteiger partial charge >= 0.3 is 0 Å². The second kappa shape index (κ2) is 9.43. The second-order valence-electron chi connectivity index (χ2n) is 8.72. The lowest BCUT2D eigenvalue weighted by atomic mass is 10.0. The summed E-state index contributed by atoms with van der Waals surface area (Å²) >= 11 is 17.0. The lowest BCUT2D eigenvalue weighted by molar-refractivity contribution is -0.137. The number of imide groups is 1. The lowest BCUT2D eigenvalue weighted by Gasteiger charge is -2.35. The normalized spacial score (nSPS) is 24.2. The van der Waals surface area contributed by atoms with Crippen molar-refractivity contribution in [3.63, 3.8) is 0 Å². The zero-order valence-electron chi connectivity index (χ0n) is 18.0. The van der Waals surface area contributed by atoms with Gasteiger partial charge in [0.05, 0.1) is 21.5 Å². The number of aromatic nitrogens is 1. The van der Waals surface area contributed by atoms with Crippen LogP contribution in [0, 0.1) is 0 Å². The second-order valence-corrected chi connectivity index (χ2v) is 10.0. The standard InChI is InChI=1S/C23H25Cl2N5O2S/c24-17-10-20(26-11-18(17)25)29-8-6-28(7-9-29)12-14-2-1-3-15-16(14)13-30(23(15)33)19-4-5-21(31)27-22(19)32/h1-3,10-11,19,23,33H,4-9,12-13H2,(H,27,31,32). The molecule has 3 aliphatic rings. The molecular weight excluding hydrogens is 481 g/mol. The largest absolute Gasteiger partial charge is 0.354 e. The summed E-state index contributed by atoms with van der Waals surface area (Å²) in [4.78, 5) is 35.2. The molecule has 1 N–H and O–H groups in total. The Balaban J connectivity index is 1.25. The van der Waals surface area contributed by atoms with Gasteiger partial charge in [-0.15, -0.1) is 0 Å². The number of piperazine rings is 1. The van der Waals surface area contributed by atoms with E-state index >= 15 is 0 Å². The van der Waals surface area contributed by atoms with Gasteiger partial charge in [0.15, 0.2) is 0 Å². The molecule has 2 amide bonds. The van der Waals surface area contributed by atoms with Gasteiger partial charge in [0.2, 0.25) is 11.8 Å². The molecule has 0 saturated carbocycles. The number of hydrogen-bond donors (Lipinski definition) is 2. The topological polar surface area (TPSA) is 68.8 Å². The van der Waals surface area contributed by atoms with E-state index in [1.807, 2.05) is 6.07 Å². The van der Waals surface area contributed by atoms with Crippen LogP contribution in [-0.4, -0.2) is 58.8 Å². The van der Waals surface area contributed by atoms with Crippen LogP contribution >= 0.6 is 35.8 Å². The number of amides is 2. The number of rotatable bonds is 4. The van der Waals surface area contributed by atoms with Gasteiger partial charge in [-0.1, -0.05) is 41.4 Å². The van der Waals surface area contributed by atoms with Crippen molar-refractivity contribution < 1.29 is 9.59 Å². The predicted octanol–water partition coefficient (Wildman–Crippen LogP) is 3.26. The zero-order chi connectivity index (χ0) is 23.1. The average molecular weight is 506 g/mol. The molecule has 0 bridgehead atoms. The fourth-order valence-electron chi connectivity index (χ4n) is 4.92. The van der Waals surface area contributed by atoms with Crippen molar-refractivity contribution in [3.05, 3.63) is 57.2 Å². The van der Waals surface area contributed by atoms with Gasteiger partial charge in [-0.3, -0.25) is 24.7 Å². The van der Waals surface area contributed by atoms with Crippen LogP contribution in [0.4, 0.5) is 5.82 Å². The first kappa shape index (κ1) is 22.9. The summed E-state index contributed by atoms with van der Waals surface area (Å²) in [6.07, 6.45) is 2.51. The summed E-state index contributed by atoms with van der Waals surface area (Å²) < 4.78 is 0. The summed E-state index contributed by atoms with van der Waals surface area (Å²) in [5.41, 5.74) is 3.66. The minimum atomic E-state index is -0.326. The van der Waals surface area contributed by atoms with Crippen molar-refractivity contribution in [3.8, 4) is 0 Å². The Hall–Kier alpha value is -1.84. The van der Waals surface area contributed by atoms with Gasteiger partial charge in [0.1, 0.15) is 5.82 Å².